The molecule has 26 heavy (non-hydrogen) atoms. The molecule has 0 fully saturated rings. The number of aromatic amines is 1. The first-order valence-corrected chi connectivity index (χ1v) is 7.86. The van der Waals surface area contributed by atoms with E-state index in [1.54, 1.807) is 50.9 Å². The Morgan fingerprint density at radius 2 is 1.65 bits per heavy atom. The quantitative estimate of drug-likeness (QED) is 0.528. The molecule has 7 heteroatoms. The minimum atomic E-state index is -0.307. The van der Waals surface area contributed by atoms with E-state index in [4.69, 9.17) is 9.47 Å². The molecule has 0 aliphatic carbocycles. The van der Waals surface area contributed by atoms with E-state index in [9.17, 15) is 4.79 Å². The van der Waals surface area contributed by atoms with E-state index in [0.29, 0.717) is 11.3 Å². The van der Waals surface area contributed by atoms with Crippen molar-refractivity contribution in [2.45, 2.75) is 0 Å². The number of H-pyrrole nitrogens is 1. The van der Waals surface area contributed by atoms with Crippen molar-refractivity contribution in [2.24, 2.45) is 5.10 Å². The van der Waals surface area contributed by atoms with Crippen LogP contribution in [0.3, 0.4) is 0 Å². The highest BCUT2D eigenvalue weighted by Crippen LogP contribution is 2.22. The molecule has 0 aliphatic heterocycles. The van der Waals surface area contributed by atoms with Crippen LogP contribution in [0, 0.1) is 0 Å². The summed E-state index contributed by atoms with van der Waals surface area (Å²) < 4.78 is 10.2. The predicted molar refractivity (Wildman–Crippen MR) is 98.6 cm³/mol. The van der Waals surface area contributed by atoms with Gasteiger partial charge >= 0.3 is 0 Å². The fraction of sp³-hybridized carbons (Fsp3) is 0.105. The number of carbonyl (C=O) groups is 1. The van der Waals surface area contributed by atoms with Crippen molar-refractivity contribution in [3.05, 3.63) is 65.9 Å². The molecule has 1 heterocycles. The van der Waals surface area contributed by atoms with Crippen molar-refractivity contribution < 1.29 is 14.3 Å². The third-order valence-corrected chi connectivity index (χ3v) is 3.77. The predicted octanol–water partition coefficient (Wildman–Crippen LogP) is 2.86. The normalized spacial score (nSPS) is 10.7. The van der Waals surface area contributed by atoms with Gasteiger partial charge in [-0.25, -0.2) is 5.43 Å². The summed E-state index contributed by atoms with van der Waals surface area (Å²) in [5.74, 6) is 1.15. The van der Waals surface area contributed by atoms with Gasteiger partial charge < -0.3 is 9.47 Å². The molecule has 0 spiro atoms. The Morgan fingerprint density at radius 1 is 1.04 bits per heavy atom. The van der Waals surface area contributed by atoms with E-state index < -0.39 is 0 Å². The number of rotatable bonds is 6. The maximum Gasteiger partial charge on any atom is 0.271 e. The zero-order chi connectivity index (χ0) is 18.4. The summed E-state index contributed by atoms with van der Waals surface area (Å²) in [5, 5.41) is 11.0. The van der Waals surface area contributed by atoms with Crippen molar-refractivity contribution in [2.75, 3.05) is 14.2 Å². The smallest absolute Gasteiger partial charge is 0.271 e. The molecule has 0 atom stereocenters. The van der Waals surface area contributed by atoms with Gasteiger partial charge in [0.15, 0.2) is 0 Å². The highest BCUT2D eigenvalue weighted by atomic mass is 16.5. The molecule has 1 amide bonds. The van der Waals surface area contributed by atoms with Gasteiger partial charge in [-0.15, -0.1) is 0 Å². The molecule has 2 N–H and O–H groups in total. The first-order valence-electron chi connectivity index (χ1n) is 7.86. The SMILES string of the molecule is COc1ccc(C(=O)N/N=C/c2cn[nH]c2-c2ccc(OC)cc2)cc1. The lowest BCUT2D eigenvalue weighted by atomic mass is 10.1. The van der Waals surface area contributed by atoms with Gasteiger partial charge in [0, 0.05) is 16.7 Å². The average Bonchev–Trinajstić information content (AvgIpc) is 3.16. The molecule has 0 bridgehead atoms. The Morgan fingerprint density at radius 3 is 2.27 bits per heavy atom. The summed E-state index contributed by atoms with van der Waals surface area (Å²) in [6.07, 6.45) is 3.19. The van der Waals surface area contributed by atoms with Crippen LogP contribution in [-0.4, -0.2) is 36.5 Å². The molecule has 0 unspecified atom stereocenters. The lowest BCUT2D eigenvalue weighted by Crippen LogP contribution is -2.17. The monoisotopic (exact) mass is 350 g/mol. The maximum absolute atomic E-state index is 12.1. The van der Waals surface area contributed by atoms with E-state index >= 15 is 0 Å². The highest BCUT2D eigenvalue weighted by molar-refractivity contribution is 5.95. The van der Waals surface area contributed by atoms with Crippen LogP contribution < -0.4 is 14.9 Å². The summed E-state index contributed by atoms with van der Waals surface area (Å²) >= 11 is 0. The highest BCUT2D eigenvalue weighted by Gasteiger charge is 2.07. The molecule has 3 rings (SSSR count). The second-order valence-corrected chi connectivity index (χ2v) is 5.36. The zero-order valence-electron chi connectivity index (χ0n) is 14.4. The third kappa shape index (κ3) is 3.89. The number of amides is 1. The van der Waals surface area contributed by atoms with Gasteiger partial charge in [0.1, 0.15) is 11.5 Å². The average molecular weight is 350 g/mol. The Labute approximate surface area is 150 Å². The lowest BCUT2D eigenvalue weighted by Gasteiger charge is -2.03. The van der Waals surface area contributed by atoms with Crippen molar-refractivity contribution in [3.63, 3.8) is 0 Å². The van der Waals surface area contributed by atoms with Gasteiger partial charge in [-0.05, 0) is 48.5 Å². The third-order valence-electron chi connectivity index (χ3n) is 3.77. The molecule has 0 saturated heterocycles. The van der Waals surface area contributed by atoms with Crippen molar-refractivity contribution in [1.82, 2.24) is 15.6 Å². The molecular formula is C19H18N4O3. The fourth-order valence-corrected chi connectivity index (χ4v) is 2.35. The van der Waals surface area contributed by atoms with Crippen LogP contribution in [0.2, 0.25) is 0 Å². The second kappa shape index (κ2) is 7.98. The molecule has 2 aromatic carbocycles. The van der Waals surface area contributed by atoms with Crippen LogP contribution in [0.15, 0.2) is 59.8 Å². The number of hydrogen-bond acceptors (Lipinski definition) is 5. The molecular weight excluding hydrogens is 332 g/mol. The number of methoxy groups -OCH3 is 2. The van der Waals surface area contributed by atoms with E-state index in [-0.39, 0.29) is 5.91 Å². The Kier molecular flexibility index (Phi) is 5.28. The Bertz CT molecular complexity index is 899. The Balaban J connectivity index is 1.69. The second-order valence-electron chi connectivity index (χ2n) is 5.36. The van der Waals surface area contributed by atoms with Crippen LogP contribution in [0.25, 0.3) is 11.3 Å². The van der Waals surface area contributed by atoms with Crippen molar-refractivity contribution in [1.29, 1.82) is 0 Å². The van der Waals surface area contributed by atoms with E-state index in [1.807, 2.05) is 24.3 Å². The number of nitrogens with zero attached hydrogens (tertiary/aromatic N) is 2. The summed E-state index contributed by atoms with van der Waals surface area (Å²) in [6.45, 7) is 0. The number of hydrazone groups is 1. The molecule has 0 aliphatic rings. The van der Waals surface area contributed by atoms with Gasteiger partial charge in [0.2, 0.25) is 0 Å². The molecule has 0 radical (unpaired) electrons. The summed E-state index contributed by atoms with van der Waals surface area (Å²) in [7, 11) is 3.19. The minimum Gasteiger partial charge on any atom is -0.497 e. The van der Waals surface area contributed by atoms with Crippen molar-refractivity contribution >= 4 is 12.1 Å². The van der Waals surface area contributed by atoms with Crippen LogP contribution in [-0.2, 0) is 0 Å². The van der Waals surface area contributed by atoms with E-state index in [2.05, 4.69) is 20.7 Å². The van der Waals surface area contributed by atoms with Gasteiger partial charge in [-0.2, -0.15) is 10.2 Å². The van der Waals surface area contributed by atoms with E-state index in [1.165, 1.54) is 0 Å². The molecule has 1 aromatic heterocycles. The lowest BCUT2D eigenvalue weighted by molar-refractivity contribution is 0.0955. The van der Waals surface area contributed by atoms with Gasteiger partial charge in [0.25, 0.3) is 5.91 Å². The van der Waals surface area contributed by atoms with Crippen molar-refractivity contribution in [3.8, 4) is 22.8 Å². The summed E-state index contributed by atoms with van der Waals surface area (Å²) in [5.41, 5.74) is 5.48. The molecule has 7 nitrogen and oxygen atoms in total. The van der Waals surface area contributed by atoms with Gasteiger partial charge in [-0.1, -0.05) is 0 Å². The largest absolute Gasteiger partial charge is 0.497 e. The molecule has 132 valence electrons. The summed E-state index contributed by atoms with van der Waals surface area (Å²) in [6, 6.07) is 14.3. The number of hydrogen-bond donors (Lipinski definition) is 2. The molecule has 0 saturated carbocycles. The number of carbonyl (C=O) groups excluding carboxylic acids is 1. The van der Waals surface area contributed by atoms with Crippen LogP contribution >= 0.6 is 0 Å². The molecule has 3 aromatic rings. The standard InChI is InChI=1S/C19H18N4O3/c1-25-16-7-3-13(4-8-16)18-15(11-20-22-18)12-21-23-19(24)14-5-9-17(26-2)10-6-14/h3-12H,1-2H3,(H,20,22)(H,23,24)/b21-12+. The fourth-order valence-electron chi connectivity index (χ4n) is 2.35. The van der Waals surface area contributed by atoms with Crippen LogP contribution in [0.1, 0.15) is 15.9 Å². The van der Waals surface area contributed by atoms with Gasteiger partial charge in [-0.3, -0.25) is 9.89 Å². The maximum atomic E-state index is 12.1. The van der Waals surface area contributed by atoms with Crippen LogP contribution in [0.4, 0.5) is 0 Å². The Hall–Kier alpha value is -3.61. The number of nitrogens with one attached hydrogen (secondary N) is 2. The topological polar surface area (TPSA) is 88.6 Å². The minimum absolute atomic E-state index is 0.307. The first kappa shape index (κ1) is 17.2. The first-order chi connectivity index (χ1) is 12.7. The summed E-state index contributed by atoms with van der Waals surface area (Å²) in [4.78, 5) is 12.1. The number of benzene rings is 2. The zero-order valence-corrected chi connectivity index (χ0v) is 14.4. The van der Waals surface area contributed by atoms with Gasteiger partial charge in [0.05, 0.1) is 32.3 Å². The number of ether oxygens (including phenoxy) is 2. The number of aromatic nitrogens is 2. The van der Waals surface area contributed by atoms with E-state index in [0.717, 1.165) is 22.6 Å². The van der Waals surface area contributed by atoms with Crippen LogP contribution in [0.5, 0.6) is 11.5 Å².